The SMILES string of the molecule is Cc1ccc(C(=O)CCC(=O)Nc2nc3c(s2)CCc2ccccc2-3)cc1. The van der Waals surface area contributed by atoms with Crippen molar-refractivity contribution in [2.24, 2.45) is 0 Å². The van der Waals surface area contributed by atoms with Gasteiger partial charge in [-0.25, -0.2) is 4.98 Å². The van der Waals surface area contributed by atoms with Gasteiger partial charge in [-0.3, -0.25) is 9.59 Å². The zero-order valence-corrected chi connectivity index (χ0v) is 15.9. The number of nitrogens with one attached hydrogen (secondary N) is 1. The normalized spacial score (nSPS) is 12.2. The van der Waals surface area contributed by atoms with Gasteiger partial charge in [-0.15, -0.1) is 11.3 Å². The van der Waals surface area contributed by atoms with E-state index in [9.17, 15) is 9.59 Å². The van der Waals surface area contributed by atoms with Crippen LogP contribution in [0.2, 0.25) is 0 Å². The number of hydrogen-bond acceptors (Lipinski definition) is 4. The minimum atomic E-state index is -0.171. The Balaban J connectivity index is 1.39. The van der Waals surface area contributed by atoms with Crippen molar-refractivity contribution in [1.29, 1.82) is 0 Å². The first kappa shape index (κ1) is 17.6. The van der Waals surface area contributed by atoms with E-state index < -0.39 is 0 Å². The summed E-state index contributed by atoms with van der Waals surface area (Å²) in [6.45, 7) is 1.98. The maximum absolute atomic E-state index is 12.3. The summed E-state index contributed by atoms with van der Waals surface area (Å²) < 4.78 is 0. The van der Waals surface area contributed by atoms with E-state index in [1.165, 1.54) is 21.8 Å². The van der Waals surface area contributed by atoms with Gasteiger partial charge in [0.05, 0.1) is 5.69 Å². The monoisotopic (exact) mass is 376 g/mol. The van der Waals surface area contributed by atoms with Crippen molar-refractivity contribution in [1.82, 2.24) is 4.98 Å². The van der Waals surface area contributed by atoms with Gasteiger partial charge >= 0.3 is 0 Å². The second-order valence-corrected chi connectivity index (χ2v) is 7.87. The van der Waals surface area contributed by atoms with E-state index in [0.29, 0.717) is 10.7 Å². The van der Waals surface area contributed by atoms with Gasteiger partial charge in [0, 0.05) is 28.8 Å². The predicted molar refractivity (Wildman–Crippen MR) is 108 cm³/mol. The average molecular weight is 376 g/mol. The van der Waals surface area contributed by atoms with Crippen molar-refractivity contribution in [2.75, 3.05) is 5.32 Å². The summed E-state index contributed by atoms with van der Waals surface area (Å²) in [5.41, 5.74) is 5.20. The lowest BCUT2D eigenvalue weighted by molar-refractivity contribution is -0.116. The molecular weight excluding hydrogens is 356 g/mol. The number of thiazole rings is 1. The highest BCUT2D eigenvalue weighted by Gasteiger charge is 2.21. The molecule has 27 heavy (non-hydrogen) atoms. The summed E-state index contributed by atoms with van der Waals surface area (Å²) in [4.78, 5) is 30.3. The van der Waals surface area contributed by atoms with Gasteiger partial charge in [0.2, 0.25) is 5.91 Å². The number of hydrogen-bond donors (Lipinski definition) is 1. The van der Waals surface area contributed by atoms with Gasteiger partial charge in [-0.2, -0.15) is 0 Å². The Morgan fingerprint density at radius 1 is 1.04 bits per heavy atom. The highest BCUT2D eigenvalue weighted by molar-refractivity contribution is 7.16. The van der Waals surface area contributed by atoms with Gasteiger partial charge < -0.3 is 5.32 Å². The molecule has 0 aliphatic heterocycles. The number of fused-ring (bicyclic) bond motifs is 3. The number of aryl methyl sites for hydroxylation is 3. The van der Waals surface area contributed by atoms with E-state index in [2.05, 4.69) is 22.4 Å². The second-order valence-electron chi connectivity index (χ2n) is 6.79. The van der Waals surface area contributed by atoms with Crippen LogP contribution >= 0.6 is 11.3 Å². The molecule has 1 aliphatic rings. The molecule has 0 saturated carbocycles. The van der Waals surface area contributed by atoms with Gasteiger partial charge in [0.1, 0.15) is 0 Å². The summed E-state index contributed by atoms with van der Waals surface area (Å²) in [5, 5.41) is 3.48. The smallest absolute Gasteiger partial charge is 0.226 e. The van der Waals surface area contributed by atoms with Crippen LogP contribution in [0, 0.1) is 6.92 Å². The molecule has 4 nitrogen and oxygen atoms in total. The molecule has 1 aromatic heterocycles. The fourth-order valence-corrected chi connectivity index (χ4v) is 4.29. The van der Waals surface area contributed by atoms with Gasteiger partial charge in [0.25, 0.3) is 0 Å². The molecule has 0 atom stereocenters. The largest absolute Gasteiger partial charge is 0.302 e. The molecule has 136 valence electrons. The highest BCUT2D eigenvalue weighted by Crippen LogP contribution is 2.37. The van der Waals surface area contributed by atoms with Gasteiger partial charge in [-0.1, -0.05) is 54.1 Å². The minimum Gasteiger partial charge on any atom is -0.302 e. The van der Waals surface area contributed by atoms with E-state index in [0.717, 1.165) is 29.7 Å². The Morgan fingerprint density at radius 2 is 1.81 bits per heavy atom. The van der Waals surface area contributed by atoms with E-state index in [1.54, 1.807) is 0 Å². The Morgan fingerprint density at radius 3 is 2.63 bits per heavy atom. The zero-order valence-electron chi connectivity index (χ0n) is 15.1. The van der Waals surface area contributed by atoms with Crippen LogP contribution in [0.5, 0.6) is 0 Å². The van der Waals surface area contributed by atoms with Crippen LogP contribution < -0.4 is 5.32 Å². The van der Waals surface area contributed by atoms with Crippen LogP contribution in [0.3, 0.4) is 0 Å². The number of anilines is 1. The summed E-state index contributed by atoms with van der Waals surface area (Å²) in [5.74, 6) is -0.188. The van der Waals surface area contributed by atoms with Crippen LogP contribution in [0.25, 0.3) is 11.3 Å². The number of amides is 1. The van der Waals surface area contributed by atoms with Gasteiger partial charge in [-0.05, 0) is 25.3 Å². The molecule has 1 heterocycles. The molecule has 0 fully saturated rings. The maximum atomic E-state index is 12.3. The quantitative estimate of drug-likeness (QED) is 0.650. The third-order valence-electron chi connectivity index (χ3n) is 4.79. The van der Waals surface area contributed by atoms with Crippen LogP contribution in [-0.2, 0) is 17.6 Å². The molecule has 0 spiro atoms. The number of benzene rings is 2. The first-order valence-electron chi connectivity index (χ1n) is 9.08. The third kappa shape index (κ3) is 3.83. The van der Waals surface area contributed by atoms with Crippen LogP contribution in [0.1, 0.15) is 39.2 Å². The molecule has 4 rings (SSSR count). The predicted octanol–water partition coefficient (Wildman–Crippen LogP) is 4.82. The van der Waals surface area contributed by atoms with E-state index in [4.69, 9.17) is 0 Å². The van der Waals surface area contributed by atoms with Crippen molar-refractivity contribution < 1.29 is 9.59 Å². The number of aromatic nitrogens is 1. The summed E-state index contributed by atoms with van der Waals surface area (Å²) in [6, 6.07) is 15.7. The number of nitrogens with zero attached hydrogens (tertiary/aromatic N) is 1. The number of carbonyl (C=O) groups excluding carboxylic acids is 2. The molecular formula is C22H20N2O2S. The van der Waals surface area contributed by atoms with Crippen molar-refractivity contribution >= 4 is 28.2 Å². The summed E-state index contributed by atoms with van der Waals surface area (Å²) in [7, 11) is 0. The molecule has 2 aromatic carbocycles. The van der Waals surface area contributed by atoms with Crippen molar-refractivity contribution in [3.63, 3.8) is 0 Å². The Bertz CT molecular complexity index is 1010. The van der Waals surface area contributed by atoms with Crippen molar-refractivity contribution in [2.45, 2.75) is 32.6 Å². The molecule has 5 heteroatoms. The Kier molecular flexibility index (Phi) is 4.86. The molecule has 3 aromatic rings. The van der Waals surface area contributed by atoms with Crippen molar-refractivity contribution in [3.05, 3.63) is 70.1 Å². The number of rotatable bonds is 5. The minimum absolute atomic E-state index is 0.0162. The summed E-state index contributed by atoms with van der Waals surface area (Å²) in [6.07, 6.45) is 2.31. The second kappa shape index (κ2) is 7.45. The van der Waals surface area contributed by atoms with Crippen molar-refractivity contribution in [3.8, 4) is 11.3 Å². The third-order valence-corrected chi connectivity index (χ3v) is 5.82. The number of ketones is 1. The standard InChI is InChI=1S/C22H20N2O2S/c1-14-6-8-16(9-7-14)18(25)11-13-20(26)23-22-24-21-17-5-3-2-4-15(17)10-12-19(21)27-22/h2-9H,10-13H2,1H3,(H,23,24,26). The maximum Gasteiger partial charge on any atom is 0.226 e. The average Bonchev–Trinajstić information content (AvgIpc) is 3.09. The molecule has 0 bridgehead atoms. The fourth-order valence-electron chi connectivity index (χ4n) is 3.30. The molecule has 1 N–H and O–H groups in total. The molecule has 0 unspecified atom stereocenters. The topological polar surface area (TPSA) is 59.1 Å². The van der Waals surface area contributed by atoms with Crippen LogP contribution in [0.4, 0.5) is 5.13 Å². The number of Topliss-reactive ketones (excluding diaryl/α,β-unsaturated/α-hetero) is 1. The summed E-state index contributed by atoms with van der Waals surface area (Å²) >= 11 is 1.53. The lowest BCUT2D eigenvalue weighted by Gasteiger charge is -2.13. The number of carbonyl (C=O) groups is 2. The first-order valence-corrected chi connectivity index (χ1v) is 9.89. The van der Waals surface area contributed by atoms with Gasteiger partial charge in [0.15, 0.2) is 10.9 Å². The molecule has 0 radical (unpaired) electrons. The first-order chi connectivity index (χ1) is 13.1. The van der Waals surface area contributed by atoms with Crippen LogP contribution in [-0.4, -0.2) is 16.7 Å². The van der Waals surface area contributed by atoms with E-state index in [-0.39, 0.29) is 24.5 Å². The highest BCUT2D eigenvalue weighted by atomic mass is 32.1. The Hall–Kier alpha value is -2.79. The molecule has 1 aliphatic carbocycles. The lowest BCUT2D eigenvalue weighted by Crippen LogP contribution is -2.13. The fraction of sp³-hybridized carbons (Fsp3) is 0.227. The van der Waals surface area contributed by atoms with E-state index >= 15 is 0 Å². The zero-order chi connectivity index (χ0) is 18.8. The van der Waals surface area contributed by atoms with E-state index in [1.807, 2.05) is 43.3 Å². The van der Waals surface area contributed by atoms with Crippen LogP contribution in [0.15, 0.2) is 48.5 Å². The molecule has 1 amide bonds. The Labute approximate surface area is 162 Å². The molecule has 0 saturated heterocycles. The lowest BCUT2D eigenvalue weighted by atomic mass is 9.94.